The van der Waals surface area contributed by atoms with Crippen LogP contribution in [0.5, 0.6) is 0 Å². The Balaban J connectivity index is 1.88. The monoisotopic (exact) mass is 358 g/mol. The lowest BCUT2D eigenvalue weighted by molar-refractivity contribution is 1.45. The minimum absolute atomic E-state index is 0.996. The fourth-order valence-corrected chi connectivity index (χ4v) is 4.71. The second kappa shape index (κ2) is 7.51. The molecule has 0 bridgehead atoms. The molecule has 1 heterocycles. The van der Waals surface area contributed by atoms with Gasteiger partial charge in [0.2, 0.25) is 0 Å². The van der Waals surface area contributed by atoms with Crippen LogP contribution in [-0.4, -0.2) is 21.4 Å². The van der Waals surface area contributed by atoms with Crippen molar-refractivity contribution >= 4 is 55.1 Å². The average molecular weight is 359 g/mol. The molecule has 0 amide bonds. The van der Waals surface area contributed by atoms with E-state index >= 15 is 0 Å². The molecule has 3 rings (SSSR count). The van der Waals surface area contributed by atoms with Gasteiger partial charge in [-0.15, -0.1) is 23.1 Å². The number of thiazole rings is 1. The molecule has 5 heteroatoms. The predicted molar refractivity (Wildman–Crippen MR) is 109 cm³/mol. The molecule has 0 atom stereocenters. The highest BCUT2D eigenvalue weighted by Gasteiger charge is 2.06. The maximum atomic E-state index is 4.73. The van der Waals surface area contributed by atoms with Gasteiger partial charge in [-0.25, -0.2) is 9.98 Å². The summed E-state index contributed by atoms with van der Waals surface area (Å²) in [4.78, 5) is 9.42. The number of thioether (sulfide) groups is 2. The van der Waals surface area contributed by atoms with Gasteiger partial charge in [0.05, 0.1) is 15.9 Å². The van der Waals surface area contributed by atoms with Crippen molar-refractivity contribution in [2.45, 2.75) is 13.8 Å². The maximum Gasteiger partial charge on any atom is 0.130 e. The van der Waals surface area contributed by atoms with Crippen LogP contribution >= 0.6 is 34.9 Å². The van der Waals surface area contributed by atoms with E-state index in [-0.39, 0.29) is 0 Å². The average Bonchev–Trinajstić information content (AvgIpc) is 2.98. The van der Waals surface area contributed by atoms with Gasteiger partial charge < -0.3 is 0 Å². The molecular weight excluding hydrogens is 340 g/mol. The minimum atomic E-state index is 0.996. The lowest BCUT2D eigenvalue weighted by Crippen LogP contribution is -1.84. The number of hydrogen-bond donors (Lipinski definition) is 0. The molecule has 0 aliphatic carbocycles. The van der Waals surface area contributed by atoms with Crippen molar-refractivity contribution in [1.29, 1.82) is 0 Å². The van der Waals surface area contributed by atoms with Crippen molar-refractivity contribution in [3.63, 3.8) is 0 Å². The Hall–Kier alpha value is -1.30. The van der Waals surface area contributed by atoms with Crippen molar-refractivity contribution < 1.29 is 0 Å². The van der Waals surface area contributed by atoms with E-state index < -0.39 is 0 Å². The van der Waals surface area contributed by atoms with Crippen molar-refractivity contribution in [3.8, 4) is 10.6 Å². The zero-order valence-corrected chi connectivity index (χ0v) is 15.8. The van der Waals surface area contributed by atoms with E-state index in [1.165, 1.54) is 10.3 Å². The highest BCUT2D eigenvalue weighted by Crippen LogP contribution is 2.32. The number of benzene rings is 2. The first-order chi connectivity index (χ1) is 11.2. The standard InChI is InChI=1S/C18H18N2S3/c1-4-22-18(21-3)19-14-8-6-13(7-9-14)17-20-15-10-5-12(2)11-16(15)23-17/h5-11H,4H2,1-3H3. The fraction of sp³-hybridized carbons (Fsp3) is 0.222. The van der Waals surface area contributed by atoms with Crippen molar-refractivity contribution in [2.24, 2.45) is 4.99 Å². The number of nitrogens with zero attached hydrogens (tertiary/aromatic N) is 2. The molecule has 0 radical (unpaired) electrons. The van der Waals surface area contributed by atoms with Gasteiger partial charge >= 0.3 is 0 Å². The van der Waals surface area contributed by atoms with Gasteiger partial charge in [0.15, 0.2) is 0 Å². The highest BCUT2D eigenvalue weighted by atomic mass is 32.2. The third-order valence-electron chi connectivity index (χ3n) is 3.32. The molecule has 0 saturated heterocycles. The first-order valence-electron chi connectivity index (χ1n) is 7.42. The fourth-order valence-electron chi connectivity index (χ4n) is 2.20. The Morgan fingerprint density at radius 3 is 2.65 bits per heavy atom. The first-order valence-corrected chi connectivity index (χ1v) is 10.5. The van der Waals surface area contributed by atoms with Crippen LogP contribution in [0, 0.1) is 6.92 Å². The Morgan fingerprint density at radius 1 is 1.17 bits per heavy atom. The van der Waals surface area contributed by atoms with E-state index in [0.29, 0.717) is 0 Å². The molecule has 0 aliphatic rings. The first kappa shape index (κ1) is 16.6. The van der Waals surface area contributed by atoms with Crippen LogP contribution in [0.25, 0.3) is 20.8 Å². The summed E-state index contributed by atoms with van der Waals surface area (Å²) in [5.74, 6) is 1.04. The summed E-state index contributed by atoms with van der Waals surface area (Å²) in [5, 5.41) is 1.06. The topological polar surface area (TPSA) is 25.2 Å². The third-order valence-corrected chi connectivity index (χ3v) is 6.31. The van der Waals surface area contributed by atoms with Gasteiger partial charge in [0, 0.05) is 5.56 Å². The van der Waals surface area contributed by atoms with Crippen LogP contribution in [0.4, 0.5) is 5.69 Å². The van der Waals surface area contributed by atoms with Gasteiger partial charge in [-0.3, -0.25) is 0 Å². The lowest BCUT2D eigenvalue weighted by atomic mass is 10.2. The third kappa shape index (κ3) is 3.97. The van der Waals surface area contributed by atoms with Gasteiger partial charge in [0.1, 0.15) is 9.38 Å². The van der Waals surface area contributed by atoms with Gasteiger partial charge in [-0.05, 0) is 60.9 Å². The van der Waals surface area contributed by atoms with Crippen LogP contribution in [0.3, 0.4) is 0 Å². The van der Waals surface area contributed by atoms with Crippen LogP contribution in [0.2, 0.25) is 0 Å². The van der Waals surface area contributed by atoms with Crippen molar-refractivity contribution in [2.75, 3.05) is 12.0 Å². The van der Waals surface area contributed by atoms with Crippen LogP contribution in [0.1, 0.15) is 12.5 Å². The lowest BCUT2D eigenvalue weighted by Gasteiger charge is -2.01. The Bertz CT molecular complexity index is 835. The largest absolute Gasteiger partial charge is 0.236 e. The van der Waals surface area contributed by atoms with Gasteiger partial charge in [-0.2, -0.15) is 0 Å². The van der Waals surface area contributed by atoms with E-state index in [1.807, 2.05) is 0 Å². The smallest absolute Gasteiger partial charge is 0.130 e. The minimum Gasteiger partial charge on any atom is -0.236 e. The van der Waals surface area contributed by atoms with Crippen LogP contribution in [-0.2, 0) is 0 Å². The summed E-state index contributed by atoms with van der Waals surface area (Å²) in [5.41, 5.74) is 4.49. The zero-order chi connectivity index (χ0) is 16.2. The molecule has 0 aliphatic heterocycles. The molecule has 1 aromatic heterocycles. The van der Waals surface area contributed by atoms with E-state index in [9.17, 15) is 0 Å². The van der Waals surface area contributed by atoms with Crippen LogP contribution < -0.4 is 0 Å². The molecule has 0 spiro atoms. The van der Waals surface area contributed by atoms with E-state index in [4.69, 9.17) is 4.98 Å². The summed E-state index contributed by atoms with van der Waals surface area (Å²) in [6.07, 6.45) is 2.07. The number of aliphatic imine (C=N–C) groups is 1. The number of rotatable bonds is 3. The van der Waals surface area contributed by atoms with Crippen molar-refractivity contribution in [1.82, 2.24) is 4.98 Å². The normalized spacial score (nSPS) is 12.0. The van der Waals surface area contributed by atoms with E-state index in [0.717, 1.165) is 31.9 Å². The Morgan fingerprint density at radius 2 is 1.96 bits per heavy atom. The summed E-state index contributed by atoms with van der Waals surface area (Å²) in [7, 11) is 0. The summed E-state index contributed by atoms with van der Waals surface area (Å²) in [6.45, 7) is 4.26. The molecule has 23 heavy (non-hydrogen) atoms. The zero-order valence-electron chi connectivity index (χ0n) is 13.4. The summed E-state index contributed by atoms with van der Waals surface area (Å²) >= 11 is 5.22. The highest BCUT2D eigenvalue weighted by molar-refractivity contribution is 8.38. The molecule has 0 N–H and O–H groups in total. The Kier molecular flexibility index (Phi) is 5.41. The van der Waals surface area contributed by atoms with Crippen LogP contribution in [0.15, 0.2) is 47.5 Å². The molecule has 2 aromatic carbocycles. The molecule has 0 unspecified atom stereocenters. The molecule has 0 fully saturated rings. The number of aryl methyl sites for hydroxylation is 1. The number of hydrogen-bond acceptors (Lipinski definition) is 5. The molecule has 3 aromatic rings. The SMILES string of the molecule is CCSC(=Nc1ccc(-c2nc3ccc(C)cc3s2)cc1)SC. The molecule has 0 saturated carbocycles. The van der Waals surface area contributed by atoms with Gasteiger partial charge in [0.25, 0.3) is 0 Å². The van der Waals surface area contributed by atoms with E-state index in [1.54, 1.807) is 34.9 Å². The second-order valence-corrected chi connectivity index (χ2v) is 8.39. The predicted octanol–water partition coefficient (Wildman–Crippen LogP) is 6.38. The summed E-state index contributed by atoms with van der Waals surface area (Å²) < 4.78 is 2.35. The van der Waals surface area contributed by atoms with Gasteiger partial charge in [-0.1, -0.05) is 24.8 Å². The summed E-state index contributed by atoms with van der Waals surface area (Å²) in [6, 6.07) is 14.8. The maximum absolute atomic E-state index is 4.73. The molecule has 118 valence electrons. The van der Waals surface area contributed by atoms with Crippen molar-refractivity contribution in [3.05, 3.63) is 48.0 Å². The quantitative estimate of drug-likeness (QED) is 0.401. The number of aromatic nitrogens is 1. The molecular formula is C18H18N2S3. The Labute approximate surface area is 149 Å². The number of fused-ring (bicyclic) bond motifs is 1. The second-order valence-electron chi connectivity index (χ2n) is 5.05. The van der Waals surface area contributed by atoms with E-state index in [2.05, 4.69) is 67.6 Å². The molecule has 2 nitrogen and oxygen atoms in total.